The van der Waals surface area contributed by atoms with Gasteiger partial charge in [-0.1, -0.05) is 110 Å². The van der Waals surface area contributed by atoms with Gasteiger partial charge in [0.25, 0.3) is 0 Å². The fraction of sp³-hybridized carbons (Fsp3) is 0.778. The van der Waals surface area contributed by atoms with E-state index in [1.807, 2.05) is 12.1 Å². The molecule has 0 N–H and O–H groups in total. The fourth-order valence-electron chi connectivity index (χ4n) is 3.42. The molecule has 0 aliphatic heterocycles. The summed E-state index contributed by atoms with van der Waals surface area (Å²) in [5.41, 5.74) is 1.23. The molecule has 31 heavy (non-hydrogen) atoms. The number of hydrogen-bond donors (Lipinski definition) is 0. The lowest BCUT2D eigenvalue weighted by Gasteiger charge is -2.17. The molecule has 0 radical (unpaired) electrons. The highest BCUT2D eigenvalue weighted by Gasteiger charge is 2.14. The Morgan fingerprint density at radius 1 is 0.613 bits per heavy atom. The monoisotopic (exact) mass is 452 g/mol. The third-order valence-electron chi connectivity index (χ3n) is 5.45. The van der Waals surface area contributed by atoms with Crippen LogP contribution in [-0.4, -0.2) is 13.2 Å². The fourth-order valence-corrected chi connectivity index (χ4v) is 4.45. The summed E-state index contributed by atoms with van der Waals surface area (Å²) in [4.78, 5) is 0. The van der Waals surface area contributed by atoms with Crippen LogP contribution in [0.5, 0.6) is 5.75 Å². The van der Waals surface area contributed by atoms with Gasteiger partial charge in [0.15, 0.2) is 0 Å². The lowest BCUT2D eigenvalue weighted by molar-refractivity contribution is 0.198. The minimum absolute atomic E-state index is 0.719. The number of hydrogen-bond acceptors (Lipinski definition) is 3. The van der Waals surface area contributed by atoms with E-state index in [-0.39, 0.29) is 0 Å². The van der Waals surface area contributed by atoms with Crippen LogP contribution in [0.3, 0.4) is 0 Å². The average Bonchev–Trinajstić information content (AvgIpc) is 2.72. The van der Waals surface area contributed by atoms with Gasteiger partial charge >= 0.3 is 8.60 Å². The Balaban J connectivity index is 2.23. The highest BCUT2D eigenvalue weighted by Crippen LogP contribution is 2.41. The minimum Gasteiger partial charge on any atom is -0.427 e. The van der Waals surface area contributed by atoms with Gasteiger partial charge in [0.1, 0.15) is 5.75 Å². The third kappa shape index (κ3) is 17.6. The van der Waals surface area contributed by atoms with E-state index in [1.54, 1.807) is 0 Å². The van der Waals surface area contributed by atoms with Crippen molar-refractivity contribution in [3.63, 3.8) is 0 Å². The van der Waals surface area contributed by atoms with Crippen LogP contribution in [-0.2, 0) is 9.05 Å². The molecule has 0 atom stereocenters. The standard InChI is InChI=1S/C27H49O3P/c1-24(2)16-12-8-6-10-14-22-28-31(30-27-20-18-26(5)19-21-27)29-23-15-11-7-9-13-17-25(3)4/h18-21,24-25H,6-17,22-23H2,1-5H3. The van der Waals surface area contributed by atoms with Crippen molar-refractivity contribution < 1.29 is 13.6 Å². The van der Waals surface area contributed by atoms with E-state index >= 15 is 0 Å². The Kier molecular flexibility index (Phi) is 17.3. The van der Waals surface area contributed by atoms with Crippen LogP contribution in [0.2, 0.25) is 0 Å². The van der Waals surface area contributed by atoms with Gasteiger partial charge in [-0.2, -0.15) is 0 Å². The smallest absolute Gasteiger partial charge is 0.397 e. The molecular weight excluding hydrogens is 403 g/mol. The van der Waals surface area contributed by atoms with Crippen LogP contribution in [0.15, 0.2) is 24.3 Å². The quantitative estimate of drug-likeness (QED) is 0.146. The second-order valence-electron chi connectivity index (χ2n) is 9.69. The first kappa shape index (κ1) is 28.4. The van der Waals surface area contributed by atoms with Gasteiger partial charge in [0, 0.05) is 0 Å². The Morgan fingerprint density at radius 2 is 1.03 bits per heavy atom. The van der Waals surface area contributed by atoms with Crippen LogP contribution < -0.4 is 4.52 Å². The van der Waals surface area contributed by atoms with E-state index < -0.39 is 8.60 Å². The largest absolute Gasteiger partial charge is 0.427 e. The van der Waals surface area contributed by atoms with E-state index in [2.05, 4.69) is 46.8 Å². The first-order valence-electron chi connectivity index (χ1n) is 12.8. The third-order valence-corrected chi connectivity index (χ3v) is 6.59. The highest BCUT2D eigenvalue weighted by atomic mass is 31.2. The van der Waals surface area contributed by atoms with Crippen molar-refractivity contribution in [2.75, 3.05) is 13.2 Å². The maximum absolute atomic E-state index is 6.03. The van der Waals surface area contributed by atoms with Gasteiger partial charge in [0.05, 0.1) is 13.2 Å². The number of aryl methyl sites for hydroxylation is 1. The van der Waals surface area contributed by atoms with Gasteiger partial charge in [-0.15, -0.1) is 0 Å². The molecule has 0 fully saturated rings. The molecule has 0 unspecified atom stereocenters. The van der Waals surface area contributed by atoms with Gasteiger partial charge in [-0.05, 0) is 43.7 Å². The summed E-state index contributed by atoms with van der Waals surface area (Å²) in [6.45, 7) is 12.7. The van der Waals surface area contributed by atoms with Crippen molar-refractivity contribution in [1.29, 1.82) is 0 Å². The molecule has 0 aliphatic rings. The summed E-state index contributed by atoms with van der Waals surface area (Å²) in [7, 11) is -1.32. The number of benzene rings is 1. The Hall–Kier alpha value is -0.630. The summed E-state index contributed by atoms with van der Waals surface area (Å²) in [6.07, 6.45) is 15.3. The lowest BCUT2D eigenvalue weighted by atomic mass is 10.0. The molecule has 180 valence electrons. The van der Waals surface area contributed by atoms with Gasteiger partial charge in [-0.3, -0.25) is 0 Å². The van der Waals surface area contributed by atoms with E-state index in [0.29, 0.717) is 0 Å². The van der Waals surface area contributed by atoms with Crippen LogP contribution in [0.4, 0.5) is 0 Å². The Bertz CT molecular complexity index is 492. The van der Waals surface area contributed by atoms with Crippen molar-refractivity contribution >= 4 is 8.60 Å². The lowest BCUT2D eigenvalue weighted by Crippen LogP contribution is -2.01. The summed E-state index contributed by atoms with van der Waals surface area (Å²) >= 11 is 0. The van der Waals surface area contributed by atoms with Crippen LogP contribution in [0.25, 0.3) is 0 Å². The van der Waals surface area contributed by atoms with E-state index in [9.17, 15) is 0 Å². The number of unbranched alkanes of at least 4 members (excludes halogenated alkanes) is 8. The average molecular weight is 453 g/mol. The maximum Gasteiger partial charge on any atom is 0.397 e. The molecule has 0 saturated heterocycles. The molecule has 0 aromatic heterocycles. The topological polar surface area (TPSA) is 27.7 Å². The molecule has 1 aromatic carbocycles. The van der Waals surface area contributed by atoms with Crippen LogP contribution >= 0.6 is 8.60 Å². The molecule has 0 bridgehead atoms. The normalized spacial score (nSPS) is 11.7. The highest BCUT2D eigenvalue weighted by molar-refractivity contribution is 7.42. The summed E-state index contributed by atoms with van der Waals surface area (Å²) in [6, 6.07) is 8.13. The molecule has 3 nitrogen and oxygen atoms in total. The zero-order valence-corrected chi connectivity index (χ0v) is 21.9. The molecule has 0 heterocycles. The van der Waals surface area contributed by atoms with Crippen molar-refractivity contribution in [3.8, 4) is 5.75 Å². The predicted molar refractivity (Wildman–Crippen MR) is 136 cm³/mol. The van der Waals surface area contributed by atoms with Gasteiger partial charge < -0.3 is 13.6 Å². The molecular formula is C27H49O3P. The van der Waals surface area contributed by atoms with Crippen molar-refractivity contribution in [3.05, 3.63) is 29.8 Å². The first-order valence-corrected chi connectivity index (χ1v) is 13.9. The molecule has 0 saturated carbocycles. The first-order chi connectivity index (χ1) is 15.0. The van der Waals surface area contributed by atoms with E-state index in [4.69, 9.17) is 13.6 Å². The molecule has 0 aliphatic carbocycles. The van der Waals surface area contributed by atoms with Crippen molar-refractivity contribution in [1.82, 2.24) is 0 Å². The second-order valence-corrected chi connectivity index (χ2v) is 10.8. The maximum atomic E-state index is 6.03. The number of rotatable bonds is 20. The Labute approximate surface area is 194 Å². The molecule has 4 heteroatoms. The molecule has 1 rings (SSSR count). The minimum atomic E-state index is -1.32. The summed E-state index contributed by atoms with van der Waals surface area (Å²) in [5.74, 6) is 2.48. The molecule has 0 spiro atoms. The second kappa shape index (κ2) is 18.9. The summed E-state index contributed by atoms with van der Waals surface area (Å²) < 4.78 is 18.1. The van der Waals surface area contributed by atoms with Gasteiger partial charge in [-0.25, -0.2) is 0 Å². The summed E-state index contributed by atoms with van der Waals surface area (Å²) in [5, 5.41) is 0. The Morgan fingerprint density at radius 3 is 1.48 bits per heavy atom. The van der Waals surface area contributed by atoms with E-state index in [0.717, 1.165) is 43.6 Å². The molecule has 1 aromatic rings. The van der Waals surface area contributed by atoms with Crippen LogP contribution in [0, 0.1) is 18.8 Å². The van der Waals surface area contributed by atoms with Crippen molar-refractivity contribution in [2.45, 2.75) is 112 Å². The zero-order chi connectivity index (χ0) is 22.7. The predicted octanol–water partition coefficient (Wildman–Crippen LogP) is 9.63. The van der Waals surface area contributed by atoms with Crippen molar-refractivity contribution in [2.24, 2.45) is 11.8 Å². The SMILES string of the molecule is Cc1ccc(OP(OCCCCCCCC(C)C)OCCCCCCCC(C)C)cc1. The van der Waals surface area contributed by atoms with Gasteiger partial charge in [0.2, 0.25) is 0 Å². The van der Waals surface area contributed by atoms with Crippen LogP contribution in [0.1, 0.15) is 110 Å². The zero-order valence-electron chi connectivity index (χ0n) is 21.0. The van der Waals surface area contributed by atoms with E-state index in [1.165, 1.54) is 69.8 Å². The molecule has 0 amide bonds.